The number of benzene rings is 1. The summed E-state index contributed by atoms with van der Waals surface area (Å²) >= 11 is 0. The topological polar surface area (TPSA) is 88.6 Å². The van der Waals surface area contributed by atoms with Gasteiger partial charge in [0.15, 0.2) is 11.7 Å². The van der Waals surface area contributed by atoms with Crippen molar-refractivity contribution in [2.24, 2.45) is 5.41 Å². The molecule has 1 fully saturated rings. The Kier molecular flexibility index (Phi) is 5.95. The second-order valence-corrected chi connectivity index (χ2v) is 13.5. The highest BCUT2D eigenvalue weighted by atomic mass is 32.2. The molecule has 0 amide bonds. The molecular weight excluding hydrogens is 503 g/mol. The zero-order valence-corrected chi connectivity index (χ0v) is 23.2. The van der Waals surface area contributed by atoms with Gasteiger partial charge < -0.3 is 9.32 Å². The Bertz CT molecular complexity index is 1550. The molecule has 0 saturated carbocycles. The smallest absolute Gasteiger partial charge is 0.191 e. The maximum absolute atomic E-state index is 14.7. The number of nitrogens with one attached hydrogen (secondary N) is 1. The van der Waals surface area contributed by atoms with Crippen LogP contribution in [0.5, 0.6) is 0 Å². The van der Waals surface area contributed by atoms with Gasteiger partial charge in [-0.1, -0.05) is 12.1 Å². The third-order valence-electron chi connectivity index (χ3n) is 7.90. The minimum atomic E-state index is -1.24. The summed E-state index contributed by atoms with van der Waals surface area (Å²) in [7, 11) is -1.24. The molecule has 6 rings (SSSR count). The fourth-order valence-electron chi connectivity index (χ4n) is 5.91. The molecule has 0 bridgehead atoms. The zero-order valence-electron chi connectivity index (χ0n) is 22.4. The van der Waals surface area contributed by atoms with E-state index in [1.54, 1.807) is 22.8 Å². The summed E-state index contributed by atoms with van der Waals surface area (Å²) in [6, 6.07) is 8.51. The number of aryl methyl sites for hydroxylation is 2. The number of hydrogen-bond donors (Lipinski definition) is 1. The predicted octanol–water partition coefficient (Wildman–Crippen LogP) is 5.08. The number of nitrogens with zero attached hydrogens (tertiary/aromatic N) is 5. The van der Waals surface area contributed by atoms with Crippen molar-refractivity contribution in [3.8, 4) is 11.3 Å². The standard InChI is InChI=1S/C28H33FN6O2S/c1-17-23(19-8-6-7-9-20(19)29)35-22(10-13-30-35)26(31-17)34-14-11-28(12-15-34)16-21-24(37-18(2)32-21)25(28)33-38(36)27(3,4)5/h6-10,13,25,33H,11-12,14-16H2,1-5H3/t25-,38?/m1/s1. The van der Waals surface area contributed by atoms with Crippen LogP contribution < -0.4 is 9.62 Å². The van der Waals surface area contributed by atoms with Gasteiger partial charge in [0.25, 0.3) is 0 Å². The molecule has 1 aliphatic carbocycles. The summed E-state index contributed by atoms with van der Waals surface area (Å²) in [6.45, 7) is 11.2. The monoisotopic (exact) mass is 536 g/mol. The first-order chi connectivity index (χ1) is 18.1. The van der Waals surface area contributed by atoms with Crippen LogP contribution in [0.15, 0.2) is 40.9 Å². The summed E-state index contributed by atoms with van der Waals surface area (Å²) in [5.74, 6) is 2.03. The van der Waals surface area contributed by atoms with Crippen molar-refractivity contribution < 1.29 is 13.0 Å². The molecule has 10 heteroatoms. The fourth-order valence-corrected chi connectivity index (χ4v) is 6.84. The van der Waals surface area contributed by atoms with Gasteiger partial charge in [0.05, 0.1) is 45.1 Å². The van der Waals surface area contributed by atoms with E-state index in [1.165, 1.54) is 6.07 Å². The normalized spacial score (nSPS) is 19.8. The minimum Gasteiger partial charge on any atom is -0.444 e. The first-order valence-corrected chi connectivity index (χ1v) is 14.2. The largest absolute Gasteiger partial charge is 0.444 e. The highest BCUT2D eigenvalue weighted by Gasteiger charge is 2.52. The Labute approximate surface area is 224 Å². The number of piperidine rings is 1. The van der Waals surface area contributed by atoms with E-state index in [0.29, 0.717) is 17.1 Å². The lowest BCUT2D eigenvalue weighted by molar-refractivity contribution is 0.162. The van der Waals surface area contributed by atoms with E-state index in [9.17, 15) is 8.60 Å². The maximum atomic E-state index is 14.7. The third kappa shape index (κ3) is 4.05. The molecule has 1 N–H and O–H groups in total. The van der Waals surface area contributed by atoms with Crippen LogP contribution in [0.25, 0.3) is 16.8 Å². The highest BCUT2D eigenvalue weighted by molar-refractivity contribution is 7.84. The van der Waals surface area contributed by atoms with Crippen molar-refractivity contribution in [1.82, 2.24) is 24.3 Å². The summed E-state index contributed by atoms with van der Waals surface area (Å²) < 4.78 is 38.7. The van der Waals surface area contributed by atoms with Crippen molar-refractivity contribution >= 4 is 22.3 Å². The molecule has 4 aromatic rings. The number of rotatable bonds is 4. The lowest BCUT2D eigenvalue weighted by Crippen LogP contribution is -2.48. The molecule has 8 nitrogen and oxygen atoms in total. The van der Waals surface area contributed by atoms with Crippen LogP contribution in [0.3, 0.4) is 0 Å². The molecule has 1 unspecified atom stereocenters. The van der Waals surface area contributed by atoms with E-state index < -0.39 is 15.7 Å². The average molecular weight is 537 g/mol. The van der Waals surface area contributed by atoms with E-state index in [1.807, 2.05) is 46.8 Å². The van der Waals surface area contributed by atoms with Gasteiger partial charge in [-0.25, -0.2) is 27.8 Å². The van der Waals surface area contributed by atoms with Crippen LogP contribution >= 0.6 is 0 Å². The Balaban J connectivity index is 1.31. The van der Waals surface area contributed by atoms with Crippen LogP contribution in [0.4, 0.5) is 10.2 Å². The molecule has 1 saturated heterocycles. The number of anilines is 1. The summed E-state index contributed by atoms with van der Waals surface area (Å²) in [4.78, 5) is 11.9. The van der Waals surface area contributed by atoms with Gasteiger partial charge in [0.2, 0.25) is 0 Å². The lowest BCUT2D eigenvalue weighted by Gasteiger charge is -2.43. The van der Waals surface area contributed by atoms with Crippen LogP contribution in [0.2, 0.25) is 0 Å². The lowest BCUT2D eigenvalue weighted by atomic mass is 9.73. The van der Waals surface area contributed by atoms with Gasteiger partial charge in [0, 0.05) is 37.4 Å². The third-order valence-corrected chi connectivity index (χ3v) is 9.46. The predicted molar refractivity (Wildman–Crippen MR) is 146 cm³/mol. The molecule has 38 heavy (non-hydrogen) atoms. The number of fused-ring (bicyclic) bond motifs is 2. The summed E-state index contributed by atoms with van der Waals surface area (Å²) in [5, 5.41) is 4.54. The molecule has 0 radical (unpaired) electrons. The Morgan fingerprint density at radius 2 is 1.87 bits per heavy atom. The van der Waals surface area contributed by atoms with Gasteiger partial charge >= 0.3 is 0 Å². The van der Waals surface area contributed by atoms with Gasteiger partial charge in [-0.15, -0.1) is 0 Å². The van der Waals surface area contributed by atoms with E-state index in [-0.39, 0.29) is 17.3 Å². The van der Waals surface area contributed by atoms with Crippen molar-refractivity contribution in [1.29, 1.82) is 0 Å². The van der Waals surface area contributed by atoms with Crippen LogP contribution in [-0.4, -0.2) is 41.6 Å². The van der Waals surface area contributed by atoms with Gasteiger partial charge in [-0.3, -0.25) is 0 Å². The molecule has 2 aliphatic rings. The van der Waals surface area contributed by atoms with E-state index in [4.69, 9.17) is 9.40 Å². The number of oxazole rings is 1. The van der Waals surface area contributed by atoms with Gasteiger partial charge in [-0.2, -0.15) is 5.10 Å². The summed E-state index contributed by atoms with van der Waals surface area (Å²) in [6.07, 6.45) is 4.27. The van der Waals surface area contributed by atoms with Gasteiger partial charge in [-0.05, 0) is 58.7 Å². The molecule has 4 heterocycles. The molecule has 1 aliphatic heterocycles. The molecular formula is C28H33FN6O2S. The van der Waals surface area contributed by atoms with Crippen LogP contribution in [-0.2, 0) is 17.4 Å². The number of halogens is 1. The number of hydrogen-bond acceptors (Lipinski definition) is 6. The molecule has 1 spiro atoms. The van der Waals surface area contributed by atoms with Gasteiger partial charge in [0.1, 0.15) is 17.1 Å². The van der Waals surface area contributed by atoms with E-state index in [0.717, 1.165) is 60.8 Å². The first-order valence-electron chi connectivity index (χ1n) is 13.1. The fraction of sp³-hybridized carbons (Fsp3) is 0.464. The molecule has 200 valence electrons. The quantitative estimate of drug-likeness (QED) is 0.392. The SMILES string of the molecule is Cc1nc2c(o1)[C@@H](NS(=O)C(C)(C)C)C1(CCN(c3nc(C)c(-c4ccccc4F)n4nccc34)CC1)C2. The summed E-state index contributed by atoms with van der Waals surface area (Å²) in [5.41, 5.74) is 3.56. The van der Waals surface area contributed by atoms with Crippen molar-refractivity contribution in [2.75, 3.05) is 18.0 Å². The zero-order chi connectivity index (χ0) is 26.8. The molecule has 3 aromatic heterocycles. The highest BCUT2D eigenvalue weighted by Crippen LogP contribution is 2.53. The van der Waals surface area contributed by atoms with Crippen LogP contribution in [0, 0.1) is 25.1 Å². The maximum Gasteiger partial charge on any atom is 0.191 e. The van der Waals surface area contributed by atoms with Crippen LogP contribution in [0.1, 0.15) is 62.7 Å². The van der Waals surface area contributed by atoms with Crippen molar-refractivity contribution in [3.05, 3.63) is 65.4 Å². The van der Waals surface area contributed by atoms with Crippen molar-refractivity contribution in [2.45, 2.75) is 64.7 Å². The Morgan fingerprint density at radius 3 is 2.58 bits per heavy atom. The Morgan fingerprint density at radius 1 is 1.13 bits per heavy atom. The first kappa shape index (κ1) is 25.2. The molecule has 1 aromatic carbocycles. The molecule has 2 atom stereocenters. The van der Waals surface area contributed by atoms with E-state index in [2.05, 4.69) is 19.7 Å². The van der Waals surface area contributed by atoms with Crippen molar-refractivity contribution in [3.63, 3.8) is 0 Å². The Hall–Kier alpha value is -3.11. The second kappa shape index (κ2) is 8.98. The minimum absolute atomic E-state index is 0.134. The van der Waals surface area contributed by atoms with E-state index >= 15 is 0 Å². The second-order valence-electron chi connectivity index (χ2n) is 11.5. The average Bonchev–Trinajstić information content (AvgIpc) is 3.54. The number of aromatic nitrogens is 4.